The van der Waals surface area contributed by atoms with Crippen LogP contribution in [-0.2, 0) is 0 Å². The Morgan fingerprint density at radius 3 is 0.289 bits per heavy atom. The van der Waals surface area contributed by atoms with Crippen molar-refractivity contribution < 1.29 is 0 Å². The summed E-state index contributed by atoms with van der Waals surface area (Å²) in [5, 5.41) is 26.4. The van der Waals surface area contributed by atoms with Gasteiger partial charge in [-0.25, -0.2) is 0 Å². The summed E-state index contributed by atoms with van der Waals surface area (Å²) in [6.45, 7) is 0. The maximum Gasteiger partial charge on any atom is -0.0105 e. The van der Waals surface area contributed by atoms with Crippen LogP contribution in [0.5, 0.6) is 0 Å². The van der Waals surface area contributed by atoms with E-state index in [1.54, 1.807) is 0 Å². The summed E-state index contributed by atoms with van der Waals surface area (Å²) in [5.74, 6) is 0. The zero-order valence-electron chi connectivity index (χ0n) is 42.3. The SMILES string of the molecule is c1ccc2c(c1)ccc1ccccc12.c1ccc2c(c1)ccc1ccccc12.c1ccc2c(c1)ccc1ccccc12.c1ccc2c(c1)ccc1ccccc12.c1ccc2ccccc2c1.c1ccc2ccccc2c1. The van der Waals surface area contributed by atoms with Gasteiger partial charge in [0.2, 0.25) is 0 Å². The van der Waals surface area contributed by atoms with Crippen LogP contribution in [0.1, 0.15) is 0 Å². The van der Waals surface area contributed by atoms with Crippen molar-refractivity contribution in [1.82, 2.24) is 0 Å². The van der Waals surface area contributed by atoms with Crippen LogP contribution in [0.3, 0.4) is 0 Å². The highest BCUT2D eigenvalue weighted by Gasteiger charge is 2.01. The van der Waals surface area contributed by atoms with Crippen molar-refractivity contribution in [3.8, 4) is 0 Å². The van der Waals surface area contributed by atoms with Gasteiger partial charge in [0.1, 0.15) is 0 Å². The van der Waals surface area contributed by atoms with E-state index in [1.165, 1.54) is 108 Å². The Bertz CT molecular complexity index is 3680. The van der Waals surface area contributed by atoms with Gasteiger partial charge in [0.05, 0.1) is 0 Å². The van der Waals surface area contributed by atoms with E-state index < -0.39 is 0 Å². The predicted octanol–water partition coefficient (Wildman–Crippen LogP) is 21.7. The fourth-order valence-corrected chi connectivity index (χ4v) is 10.1. The molecule has 76 heavy (non-hydrogen) atoms. The van der Waals surface area contributed by atoms with E-state index >= 15 is 0 Å². The zero-order valence-corrected chi connectivity index (χ0v) is 42.3. The van der Waals surface area contributed by atoms with Crippen LogP contribution in [-0.4, -0.2) is 0 Å². The van der Waals surface area contributed by atoms with Gasteiger partial charge in [-0.15, -0.1) is 0 Å². The molecular weight excluding hydrogens is 913 g/mol. The van der Waals surface area contributed by atoms with Gasteiger partial charge in [0.25, 0.3) is 0 Å². The molecular formula is C76H56. The first kappa shape index (κ1) is 48.4. The van der Waals surface area contributed by atoms with Crippen molar-refractivity contribution in [2.24, 2.45) is 0 Å². The molecule has 0 saturated heterocycles. The number of hydrogen-bond donors (Lipinski definition) is 0. The number of fused-ring (bicyclic) bond motifs is 14. The van der Waals surface area contributed by atoms with Crippen molar-refractivity contribution in [1.29, 1.82) is 0 Å². The molecule has 16 rings (SSSR count). The summed E-state index contributed by atoms with van der Waals surface area (Å²) in [5.41, 5.74) is 0. The molecule has 16 aromatic rings. The first-order valence-electron chi connectivity index (χ1n) is 26.1. The van der Waals surface area contributed by atoms with Crippen LogP contribution in [0, 0.1) is 0 Å². The normalized spacial score (nSPS) is 10.6. The highest BCUT2D eigenvalue weighted by atomic mass is 14.1. The largest absolute Gasteiger partial charge is 0.0616 e. The number of rotatable bonds is 0. The van der Waals surface area contributed by atoms with Crippen LogP contribution < -0.4 is 0 Å². The van der Waals surface area contributed by atoms with Gasteiger partial charge in [0.15, 0.2) is 0 Å². The van der Waals surface area contributed by atoms with Gasteiger partial charge < -0.3 is 0 Å². The second-order valence-electron chi connectivity index (χ2n) is 18.7. The molecule has 0 bridgehead atoms. The van der Waals surface area contributed by atoms with Crippen molar-refractivity contribution in [2.45, 2.75) is 0 Å². The molecule has 0 spiro atoms. The monoisotopic (exact) mass is 968 g/mol. The molecule has 0 saturated carbocycles. The molecule has 0 fully saturated rings. The van der Waals surface area contributed by atoms with Gasteiger partial charge >= 0.3 is 0 Å². The Hall–Kier alpha value is -9.88. The summed E-state index contributed by atoms with van der Waals surface area (Å²) in [6.07, 6.45) is 0. The summed E-state index contributed by atoms with van der Waals surface area (Å²) in [7, 11) is 0. The maximum absolute atomic E-state index is 2.18. The second kappa shape index (κ2) is 23.8. The topological polar surface area (TPSA) is 0 Å². The summed E-state index contributed by atoms with van der Waals surface area (Å²) >= 11 is 0. The minimum Gasteiger partial charge on any atom is -0.0616 e. The fraction of sp³-hybridized carbons (Fsp3) is 0. The Balaban J connectivity index is 0.0000000979. The molecule has 360 valence electrons. The van der Waals surface area contributed by atoms with Crippen LogP contribution >= 0.6 is 0 Å². The van der Waals surface area contributed by atoms with Crippen molar-refractivity contribution in [3.63, 3.8) is 0 Å². The average Bonchev–Trinajstić information content (AvgIpc) is 3.53. The summed E-state index contributed by atoms with van der Waals surface area (Å²) in [6, 6.07) is 119. The molecule has 16 aromatic carbocycles. The number of benzene rings is 16. The minimum atomic E-state index is 1.31. The van der Waals surface area contributed by atoms with Crippen LogP contribution in [0.2, 0.25) is 0 Å². The lowest BCUT2D eigenvalue weighted by molar-refractivity contribution is 1.75. The Kier molecular flexibility index (Phi) is 15.1. The first-order valence-corrected chi connectivity index (χ1v) is 26.1. The molecule has 0 aliphatic rings. The Morgan fingerprint density at radius 2 is 0.171 bits per heavy atom. The molecule has 0 atom stereocenters. The van der Waals surface area contributed by atoms with Crippen LogP contribution in [0.15, 0.2) is 340 Å². The van der Waals surface area contributed by atoms with Gasteiger partial charge in [-0.2, -0.15) is 0 Å². The van der Waals surface area contributed by atoms with E-state index in [4.69, 9.17) is 0 Å². The van der Waals surface area contributed by atoms with E-state index in [0.29, 0.717) is 0 Å². The fourth-order valence-electron chi connectivity index (χ4n) is 10.1. The smallest absolute Gasteiger partial charge is 0.0105 e. The standard InChI is InChI=1S/4C14H10.2C10H8/c4*1-3-7-13-11(5-1)9-10-12-6-2-4-8-14(12)13;2*1-2-6-10-8-4-3-7-9(10)5-1/h4*1-10H;2*1-8H. The van der Waals surface area contributed by atoms with Crippen LogP contribution in [0.4, 0.5) is 0 Å². The molecule has 0 heteroatoms. The van der Waals surface area contributed by atoms with Crippen molar-refractivity contribution in [2.75, 3.05) is 0 Å². The van der Waals surface area contributed by atoms with Gasteiger partial charge in [0, 0.05) is 0 Å². The van der Waals surface area contributed by atoms with Crippen molar-refractivity contribution in [3.05, 3.63) is 340 Å². The van der Waals surface area contributed by atoms with E-state index in [0.717, 1.165) is 0 Å². The molecule has 0 aliphatic carbocycles. The zero-order chi connectivity index (χ0) is 51.1. The maximum atomic E-state index is 2.18. The third-order valence-electron chi connectivity index (χ3n) is 13.9. The summed E-state index contributed by atoms with van der Waals surface area (Å²) in [4.78, 5) is 0. The quantitative estimate of drug-likeness (QED) is 0.133. The van der Waals surface area contributed by atoms with E-state index in [1.807, 2.05) is 0 Å². The Labute approximate surface area is 445 Å². The van der Waals surface area contributed by atoms with Crippen LogP contribution in [0.25, 0.3) is 108 Å². The van der Waals surface area contributed by atoms with E-state index in [2.05, 4.69) is 340 Å². The molecule has 0 N–H and O–H groups in total. The van der Waals surface area contributed by atoms with E-state index in [-0.39, 0.29) is 0 Å². The lowest BCUT2D eigenvalue weighted by Crippen LogP contribution is -1.75. The lowest BCUT2D eigenvalue weighted by Gasteiger charge is -2.02. The molecule has 0 aromatic heterocycles. The highest BCUT2D eigenvalue weighted by Crippen LogP contribution is 2.28. The predicted molar refractivity (Wildman–Crippen MR) is 334 cm³/mol. The van der Waals surface area contributed by atoms with Gasteiger partial charge in [-0.3, -0.25) is 0 Å². The molecule has 0 unspecified atom stereocenters. The third-order valence-corrected chi connectivity index (χ3v) is 13.9. The second-order valence-corrected chi connectivity index (χ2v) is 18.7. The third kappa shape index (κ3) is 11.3. The molecule has 0 radical (unpaired) electrons. The molecule has 0 nitrogen and oxygen atoms in total. The first-order chi connectivity index (χ1) is 37.7. The van der Waals surface area contributed by atoms with Gasteiger partial charge in [-0.1, -0.05) is 340 Å². The van der Waals surface area contributed by atoms with E-state index in [9.17, 15) is 0 Å². The Morgan fingerprint density at radius 1 is 0.0789 bits per heavy atom. The van der Waals surface area contributed by atoms with Crippen molar-refractivity contribution >= 4 is 108 Å². The molecule has 0 amide bonds. The molecule has 0 heterocycles. The average molecular weight is 969 g/mol. The lowest BCUT2D eigenvalue weighted by atomic mass is 10.0. The molecule has 0 aliphatic heterocycles. The highest BCUT2D eigenvalue weighted by molar-refractivity contribution is 6.10. The minimum absolute atomic E-state index is 1.31. The number of hydrogen-bond acceptors (Lipinski definition) is 0. The summed E-state index contributed by atoms with van der Waals surface area (Å²) < 4.78 is 0. The van der Waals surface area contributed by atoms with Gasteiger partial charge in [-0.05, 0) is 108 Å².